The van der Waals surface area contributed by atoms with E-state index in [0.29, 0.717) is 5.69 Å². The number of nitrogens with zero attached hydrogens (tertiary/aromatic N) is 1. The first-order chi connectivity index (χ1) is 14.2. The van der Waals surface area contributed by atoms with Crippen LogP contribution in [-0.2, 0) is 0 Å². The van der Waals surface area contributed by atoms with Gasteiger partial charge in [0.1, 0.15) is 11.5 Å². The summed E-state index contributed by atoms with van der Waals surface area (Å²) in [6.45, 7) is 0. The number of hydrogen-bond acceptors (Lipinski definition) is 6. The zero-order chi connectivity index (χ0) is 21.7. The smallest absolute Gasteiger partial charge is 0.457 e. The van der Waals surface area contributed by atoms with E-state index in [0.717, 1.165) is 16.4 Å². The van der Waals surface area contributed by atoms with Crippen molar-refractivity contribution in [3.63, 3.8) is 0 Å². The Morgan fingerprint density at radius 3 is 2.37 bits per heavy atom. The lowest BCUT2D eigenvalue weighted by atomic mass is 10.3. The Morgan fingerprint density at radius 1 is 1.00 bits per heavy atom. The Hall–Kier alpha value is -3.60. The minimum atomic E-state index is -4.85. The van der Waals surface area contributed by atoms with E-state index in [2.05, 4.69) is 22.9 Å². The highest BCUT2D eigenvalue weighted by Gasteiger charge is 2.31. The standard InChI is InChI=1S/C19H13F3N2O5S/c20-19(21,22)29-15-4-1-3-12(11-15)23-18(26)24(30)13-6-8-14(9-7-13)28-17(25)16-5-2-10-27-16/h1-11,30H,(H,23,26). The molecule has 30 heavy (non-hydrogen) atoms. The molecule has 0 aliphatic rings. The zero-order valence-corrected chi connectivity index (χ0v) is 15.8. The number of carbonyl (C=O) groups excluding carboxylic acids is 2. The van der Waals surface area contributed by atoms with Gasteiger partial charge in [0.25, 0.3) is 0 Å². The van der Waals surface area contributed by atoms with Crippen molar-refractivity contribution in [2.24, 2.45) is 0 Å². The number of urea groups is 1. The van der Waals surface area contributed by atoms with Crippen molar-refractivity contribution in [3.05, 3.63) is 72.7 Å². The molecule has 0 spiro atoms. The second-order valence-corrected chi connectivity index (χ2v) is 6.08. The molecule has 156 valence electrons. The number of anilines is 2. The normalized spacial score (nSPS) is 10.9. The molecular formula is C19H13F3N2O5S. The van der Waals surface area contributed by atoms with Gasteiger partial charge in [0.05, 0.1) is 12.0 Å². The highest BCUT2D eigenvalue weighted by atomic mass is 32.1. The molecule has 3 aromatic rings. The molecule has 0 saturated carbocycles. The Bertz CT molecular complexity index is 1020. The molecule has 3 rings (SSSR count). The average Bonchev–Trinajstić information content (AvgIpc) is 3.22. The quantitative estimate of drug-likeness (QED) is 0.322. The van der Waals surface area contributed by atoms with Gasteiger partial charge in [-0.25, -0.2) is 13.9 Å². The number of benzene rings is 2. The maximum absolute atomic E-state index is 12.3. The summed E-state index contributed by atoms with van der Waals surface area (Å²) in [5, 5.41) is 2.40. The van der Waals surface area contributed by atoms with Crippen molar-refractivity contribution >= 4 is 36.2 Å². The van der Waals surface area contributed by atoms with Crippen LogP contribution in [0.5, 0.6) is 11.5 Å². The third kappa shape index (κ3) is 5.70. The summed E-state index contributed by atoms with van der Waals surface area (Å²) < 4.78 is 51.7. The minimum absolute atomic E-state index is 0.0333. The molecule has 0 saturated heterocycles. The fourth-order valence-electron chi connectivity index (χ4n) is 2.27. The molecule has 1 aromatic heterocycles. The van der Waals surface area contributed by atoms with Gasteiger partial charge in [-0.05, 0) is 48.5 Å². The molecule has 11 heteroatoms. The predicted molar refractivity (Wildman–Crippen MR) is 104 cm³/mol. The van der Waals surface area contributed by atoms with E-state index in [4.69, 9.17) is 9.15 Å². The molecule has 2 aromatic carbocycles. The highest BCUT2D eigenvalue weighted by Crippen LogP contribution is 2.26. The van der Waals surface area contributed by atoms with Crippen molar-refractivity contribution in [1.82, 2.24) is 0 Å². The van der Waals surface area contributed by atoms with Gasteiger partial charge in [-0.15, -0.1) is 13.2 Å². The SMILES string of the molecule is O=C(Oc1ccc(N(S)C(=O)Nc2cccc(OC(F)(F)F)c2)cc1)c1ccco1. The van der Waals surface area contributed by atoms with E-state index in [9.17, 15) is 22.8 Å². The Kier molecular flexibility index (Phi) is 6.21. The van der Waals surface area contributed by atoms with Crippen molar-refractivity contribution in [2.75, 3.05) is 9.62 Å². The Morgan fingerprint density at radius 2 is 1.73 bits per heavy atom. The lowest BCUT2D eigenvalue weighted by Crippen LogP contribution is -2.26. The number of alkyl halides is 3. The summed E-state index contributed by atoms with van der Waals surface area (Å²) in [5.41, 5.74) is 0.390. The number of hydrogen-bond donors (Lipinski definition) is 2. The van der Waals surface area contributed by atoms with E-state index in [-0.39, 0.29) is 17.2 Å². The maximum atomic E-state index is 12.3. The first kappa shape index (κ1) is 21.1. The van der Waals surface area contributed by atoms with Gasteiger partial charge < -0.3 is 19.2 Å². The van der Waals surface area contributed by atoms with Crippen LogP contribution in [0.3, 0.4) is 0 Å². The molecule has 1 heterocycles. The minimum Gasteiger partial charge on any atom is -0.457 e. The zero-order valence-electron chi connectivity index (χ0n) is 14.9. The molecule has 0 aliphatic carbocycles. The summed E-state index contributed by atoms with van der Waals surface area (Å²) in [4.78, 5) is 24.1. The molecule has 0 unspecified atom stereocenters. The van der Waals surface area contributed by atoms with E-state index in [1.807, 2.05) is 0 Å². The number of thiol groups is 1. The first-order valence-corrected chi connectivity index (χ1v) is 8.63. The first-order valence-electron chi connectivity index (χ1n) is 8.23. The van der Waals surface area contributed by atoms with Crippen LogP contribution in [0.4, 0.5) is 29.3 Å². The molecule has 0 fully saturated rings. The molecular weight excluding hydrogens is 425 g/mol. The van der Waals surface area contributed by atoms with Gasteiger partial charge in [-0.2, -0.15) is 0 Å². The molecule has 0 atom stereocenters. The molecule has 7 nitrogen and oxygen atoms in total. The molecule has 0 radical (unpaired) electrons. The highest BCUT2D eigenvalue weighted by molar-refractivity contribution is 7.82. The van der Waals surface area contributed by atoms with E-state index in [1.165, 1.54) is 48.7 Å². The van der Waals surface area contributed by atoms with Crippen LogP contribution in [0, 0.1) is 0 Å². The van der Waals surface area contributed by atoms with Gasteiger partial charge >= 0.3 is 18.4 Å². The van der Waals surface area contributed by atoms with Gasteiger partial charge in [0.15, 0.2) is 0 Å². The number of rotatable bonds is 5. The molecule has 1 N–H and O–H groups in total. The van der Waals surface area contributed by atoms with Crippen LogP contribution in [-0.4, -0.2) is 18.4 Å². The fraction of sp³-hybridized carbons (Fsp3) is 0.0526. The topological polar surface area (TPSA) is 81.0 Å². The maximum Gasteiger partial charge on any atom is 0.573 e. The van der Waals surface area contributed by atoms with E-state index < -0.39 is 24.1 Å². The Balaban J connectivity index is 1.62. The number of halogens is 3. The van der Waals surface area contributed by atoms with E-state index in [1.54, 1.807) is 6.07 Å². The lowest BCUT2D eigenvalue weighted by Gasteiger charge is -2.17. The largest absolute Gasteiger partial charge is 0.573 e. The number of furan rings is 1. The summed E-state index contributed by atoms with van der Waals surface area (Å²) in [6, 6.07) is 12.8. The van der Waals surface area contributed by atoms with Crippen molar-refractivity contribution < 1.29 is 36.7 Å². The summed E-state index contributed by atoms with van der Waals surface area (Å²) in [7, 11) is 0. The average molecular weight is 438 g/mol. The fourth-order valence-corrected chi connectivity index (χ4v) is 2.46. The van der Waals surface area contributed by atoms with Gasteiger partial charge in [-0.3, -0.25) is 0 Å². The van der Waals surface area contributed by atoms with Gasteiger partial charge in [0.2, 0.25) is 5.76 Å². The van der Waals surface area contributed by atoms with Crippen LogP contribution in [0.15, 0.2) is 71.3 Å². The molecule has 0 bridgehead atoms. The third-order valence-electron chi connectivity index (χ3n) is 3.53. The summed E-state index contributed by atoms with van der Waals surface area (Å²) in [6.07, 6.45) is -3.51. The van der Waals surface area contributed by atoms with Gasteiger partial charge in [0, 0.05) is 11.8 Å². The Labute approximate surface area is 173 Å². The number of amides is 2. The van der Waals surface area contributed by atoms with Crippen LogP contribution in [0.25, 0.3) is 0 Å². The van der Waals surface area contributed by atoms with Crippen molar-refractivity contribution in [3.8, 4) is 11.5 Å². The van der Waals surface area contributed by atoms with Crippen molar-refractivity contribution in [2.45, 2.75) is 6.36 Å². The van der Waals surface area contributed by atoms with Crippen LogP contribution in [0.1, 0.15) is 10.6 Å². The second kappa shape index (κ2) is 8.82. The number of ether oxygens (including phenoxy) is 2. The van der Waals surface area contributed by atoms with Crippen LogP contribution >= 0.6 is 12.8 Å². The van der Waals surface area contributed by atoms with Crippen molar-refractivity contribution in [1.29, 1.82) is 0 Å². The number of nitrogens with one attached hydrogen (secondary N) is 1. The predicted octanol–water partition coefficient (Wildman–Crippen LogP) is 5.28. The van der Waals surface area contributed by atoms with Crippen LogP contribution < -0.4 is 19.1 Å². The number of carbonyl (C=O) groups is 2. The van der Waals surface area contributed by atoms with Crippen LogP contribution in [0.2, 0.25) is 0 Å². The molecule has 0 aliphatic heterocycles. The van der Waals surface area contributed by atoms with Gasteiger partial charge in [-0.1, -0.05) is 18.9 Å². The summed E-state index contributed by atoms with van der Waals surface area (Å²) >= 11 is 4.08. The lowest BCUT2D eigenvalue weighted by molar-refractivity contribution is -0.274. The van der Waals surface area contributed by atoms with E-state index >= 15 is 0 Å². The second-order valence-electron chi connectivity index (χ2n) is 5.68. The molecule has 2 amide bonds. The summed E-state index contributed by atoms with van der Waals surface area (Å²) in [5.74, 6) is -0.923. The monoisotopic (exact) mass is 438 g/mol. The number of esters is 1. The third-order valence-corrected chi connectivity index (χ3v) is 3.94.